The van der Waals surface area contributed by atoms with Crippen molar-refractivity contribution >= 4 is 28.3 Å². The molecule has 0 radical (unpaired) electrons. The molecule has 1 amide bonds. The van der Waals surface area contributed by atoms with Crippen molar-refractivity contribution in [3.05, 3.63) is 29.6 Å². The Labute approximate surface area is 148 Å². The number of rotatable bonds is 9. The van der Waals surface area contributed by atoms with Gasteiger partial charge in [-0.25, -0.2) is 4.98 Å². The van der Waals surface area contributed by atoms with Gasteiger partial charge in [0.25, 0.3) is 0 Å². The zero-order valence-electron chi connectivity index (χ0n) is 13.6. The first-order valence-corrected chi connectivity index (χ1v) is 8.38. The maximum atomic E-state index is 12.2. The Morgan fingerprint density at radius 3 is 2.64 bits per heavy atom. The van der Waals surface area contributed by atoms with E-state index in [1.165, 1.54) is 11.3 Å². The van der Waals surface area contributed by atoms with Crippen molar-refractivity contribution in [3.8, 4) is 17.0 Å². The molecule has 4 N–H and O–H groups in total. The fraction of sp³-hybridized carbons (Fsp3) is 0.312. The minimum atomic E-state index is -1.11. The van der Waals surface area contributed by atoms with Gasteiger partial charge < -0.3 is 25.6 Å². The minimum Gasteiger partial charge on any atom is -0.497 e. The third kappa shape index (κ3) is 5.52. The summed E-state index contributed by atoms with van der Waals surface area (Å²) in [6, 6.07) is 6.40. The predicted molar refractivity (Wildman–Crippen MR) is 93.9 cm³/mol. The summed E-state index contributed by atoms with van der Waals surface area (Å²) in [4.78, 5) is 27.4. The van der Waals surface area contributed by atoms with Gasteiger partial charge in [0, 0.05) is 17.5 Å². The SMILES string of the molecule is COc1ccc(-c2csc(NC(=O)C(CC(=O)O)NCCO)n2)cc1. The summed E-state index contributed by atoms with van der Waals surface area (Å²) in [5.74, 6) is -0.880. The number of aliphatic carboxylic acids is 1. The summed E-state index contributed by atoms with van der Waals surface area (Å²) in [5, 5.41) is 25.2. The van der Waals surface area contributed by atoms with E-state index in [0.717, 1.165) is 11.3 Å². The number of aromatic nitrogens is 1. The summed E-state index contributed by atoms with van der Waals surface area (Å²) in [7, 11) is 1.59. The number of ether oxygens (including phenoxy) is 1. The Morgan fingerprint density at radius 2 is 2.04 bits per heavy atom. The van der Waals surface area contributed by atoms with Crippen LogP contribution < -0.4 is 15.4 Å². The van der Waals surface area contributed by atoms with Gasteiger partial charge in [0.1, 0.15) is 5.75 Å². The largest absolute Gasteiger partial charge is 0.497 e. The number of methoxy groups -OCH3 is 1. The van der Waals surface area contributed by atoms with Crippen LogP contribution in [0.4, 0.5) is 5.13 Å². The lowest BCUT2D eigenvalue weighted by atomic mass is 10.2. The number of thiazole rings is 1. The Kier molecular flexibility index (Phi) is 6.87. The molecule has 1 aromatic carbocycles. The van der Waals surface area contributed by atoms with Crippen molar-refractivity contribution in [1.82, 2.24) is 10.3 Å². The van der Waals surface area contributed by atoms with Crippen LogP contribution in [-0.2, 0) is 9.59 Å². The zero-order valence-corrected chi connectivity index (χ0v) is 14.4. The first kappa shape index (κ1) is 18.8. The van der Waals surface area contributed by atoms with Crippen LogP contribution in [0.5, 0.6) is 5.75 Å². The second-order valence-electron chi connectivity index (χ2n) is 5.08. The van der Waals surface area contributed by atoms with Crippen LogP contribution in [0, 0.1) is 0 Å². The van der Waals surface area contributed by atoms with Crippen molar-refractivity contribution in [1.29, 1.82) is 0 Å². The van der Waals surface area contributed by atoms with E-state index in [0.29, 0.717) is 10.8 Å². The average Bonchev–Trinajstić information content (AvgIpc) is 3.06. The van der Waals surface area contributed by atoms with Gasteiger partial charge >= 0.3 is 5.97 Å². The van der Waals surface area contributed by atoms with E-state index in [1.54, 1.807) is 12.5 Å². The quantitative estimate of drug-likeness (QED) is 0.526. The predicted octanol–water partition coefficient (Wildman–Crippen LogP) is 1.18. The van der Waals surface area contributed by atoms with Gasteiger partial charge in [-0.2, -0.15) is 0 Å². The lowest BCUT2D eigenvalue weighted by molar-refractivity contribution is -0.139. The number of carbonyl (C=O) groups excluding carboxylic acids is 1. The Hall–Kier alpha value is -2.49. The number of nitrogens with zero attached hydrogens (tertiary/aromatic N) is 1. The summed E-state index contributed by atoms with van der Waals surface area (Å²) in [6.45, 7) is -0.0669. The molecule has 1 unspecified atom stereocenters. The number of hydrogen-bond acceptors (Lipinski definition) is 7. The van der Waals surface area contributed by atoms with Crippen molar-refractivity contribution in [2.45, 2.75) is 12.5 Å². The smallest absolute Gasteiger partial charge is 0.305 e. The molecule has 8 nitrogen and oxygen atoms in total. The molecule has 0 aliphatic heterocycles. The highest BCUT2D eigenvalue weighted by Crippen LogP contribution is 2.26. The second-order valence-corrected chi connectivity index (χ2v) is 5.94. The number of hydrogen-bond donors (Lipinski definition) is 4. The van der Waals surface area contributed by atoms with Crippen LogP contribution in [0.3, 0.4) is 0 Å². The summed E-state index contributed by atoms with van der Waals surface area (Å²) >= 11 is 1.24. The van der Waals surface area contributed by atoms with Gasteiger partial charge in [0.2, 0.25) is 5.91 Å². The molecule has 134 valence electrons. The molecule has 1 heterocycles. The molecule has 0 saturated carbocycles. The van der Waals surface area contributed by atoms with E-state index in [-0.39, 0.29) is 19.6 Å². The molecule has 0 aliphatic carbocycles. The maximum absolute atomic E-state index is 12.2. The summed E-state index contributed by atoms with van der Waals surface area (Å²) < 4.78 is 5.11. The molecule has 0 saturated heterocycles. The standard InChI is InChI=1S/C16H19N3O5S/c1-24-11-4-2-10(3-5-11)13-9-25-16(18-13)19-15(23)12(8-14(21)22)17-6-7-20/h2-5,9,12,17,20H,6-8H2,1H3,(H,21,22)(H,18,19,23). The van der Waals surface area contributed by atoms with Crippen LogP contribution in [0.1, 0.15) is 6.42 Å². The molecular formula is C16H19N3O5S. The van der Waals surface area contributed by atoms with E-state index in [2.05, 4.69) is 15.6 Å². The topological polar surface area (TPSA) is 121 Å². The highest BCUT2D eigenvalue weighted by Gasteiger charge is 2.22. The van der Waals surface area contributed by atoms with E-state index < -0.39 is 17.9 Å². The number of aliphatic hydroxyl groups is 1. The van der Waals surface area contributed by atoms with Gasteiger partial charge in [-0.1, -0.05) is 0 Å². The Balaban J connectivity index is 2.04. The molecule has 0 fully saturated rings. The number of carboxylic acids is 1. The van der Waals surface area contributed by atoms with Gasteiger partial charge in [-0.05, 0) is 24.3 Å². The molecule has 2 aromatic rings. The molecule has 1 aromatic heterocycles. The molecule has 25 heavy (non-hydrogen) atoms. The number of aliphatic hydroxyl groups excluding tert-OH is 1. The molecule has 0 bridgehead atoms. The van der Waals surface area contributed by atoms with E-state index in [1.807, 2.05) is 24.3 Å². The molecular weight excluding hydrogens is 346 g/mol. The monoisotopic (exact) mass is 365 g/mol. The lowest BCUT2D eigenvalue weighted by Crippen LogP contribution is -2.43. The second kappa shape index (κ2) is 9.11. The molecule has 9 heteroatoms. The number of anilines is 1. The normalized spacial score (nSPS) is 11.8. The fourth-order valence-corrected chi connectivity index (χ4v) is 2.81. The molecule has 1 atom stereocenters. The van der Waals surface area contributed by atoms with Gasteiger partial charge in [-0.3, -0.25) is 9.59 Å². The molecule has 2 rings (SSSR count). The highest BCUT2D eigenvalue weighted by molar-refractivity contribution is 7.14. The van der Waals surface area contributed by atoms with E-state index >= 15 is 0 Å². The number of amides is 1. The van der Waals surface area contributed by atoms with E-state index in [9.17, 15) is 9.59 Å². The third-order valence-electron chi connectivity index (χ3n) is 3.32. The van der Waals surface area contributed by atoms with Crippen molar-refractivity contribution in [3.63, 3.8) is 0 Å². The lowest BCUT2D eigenvalue weighted by Gasteiger charge is -2.14. The van der Waals surface area contributed by atoms with Gasteiger partial charge in [-0.15, -0.1) is 11.3 Å². The molecule has 0 spiro atoms. The first-order chi connectivity index (χ1) is 12.0. The van der Waals surface area contributed by atoms with Crippen LogP contribution >= 0.6 is 11.3 Å². The number of carboxylic acid groups (broad SMARTS) is 1. The maximum Gasteiger partial charge on any atom is 0.305 e. The molecule has 0 aliphatic rings. The highest BCUT2D eigenvalue weighted by atomic mass is 32.1. The first-order valence-electron chi connectivity index (χ1n) is 7.50. The van der Waals surface area contributed by atoms with Crippen LogP contribution in [0.15, 0.2) is 29.6 Å². The Bertz CT molecular complexity index is 717. The third-order valence-corrected chi connectivity index (χ3v) is 4.08. The van der Waals surface area contributed by atoms with Gasteiger partial charge in [0.15, 0.2) is 5.13 Å². The van der Waals surface area contributed by atoms with Gasteiger partial charge in [0.05, 0.1) is 31.9 Å². The van der Waals surface area contributed by atoms with Crippen molar-refractivity contribution in [2.75, 3.05) is 25.6 Å². The minimum absolute atomic E-state index is 0.125. The number of nitrogens with one attached hydrogen (secondary N) is 2. The van der Waals surface area contributed by atoms with Crippen LogP contribution in [0.25, 0.3) is 11.3 Å². The van der Waals surface area contributed by atoms with Crippen LogP contribution in [-0.4, -0.2) is 53.4 Å². The summed E-state index contributed by atoms with van der Waals surface area (Å²) in [5.41, 5.74) is 1.57. The Morgan fingerprint density at radius 1 is 1.32 bits per heavy atom. The van der Waals surface area contributed by atoms with Crippen LogP contribution in [0.2, 0.25) is 0 Å². The average molecular weight is 365 g/mol. The van der Waals surface area contributed by atoms with E-state index in [4.69, 9.17) is 14.9 Å². The van der Waals surface area contributed by atoms with Crippen molar-refractivity contribution < 1.29 is 24.5 Å². The summed E-state index contributed by atoms with van der Waals surface area (Å²) in [6.07, 6.45) is -0.386. The number of carbonyl (C=O) groups is 2. The fourth-order valence-electron chi connectivity index (χ4n) is 2.09. The van der Waals surface area contributed by atoms with Crippen molar-refractivity contribution in [2.24, 2.45) is 0 Å². The zero-order chi connectivity index (χ0) is 18.2. The number of benzene rings is 1.